The van der Waals surface area contributed by atoms with Crippen LogP contribution < -0.4 is 15.8 Å². The van der Waals surface area contributed by atoms with Crippen molar-refractivity contribution in [3.8, 4) is 5.75 Å². The van der Waals surface area contributed by atoms with Crippen molar-refractivity contribution in [2.75, 3.05) is 11.9 Å². The Kier molecular flexibility index (Phi) is 7.76. The van der Waals surface area contributed by atoms with Crippen LogP contribution in [0.2, 0.25) is 0 Å². The maximum Gasteiger partial charge on any atom is 0.573 e. The lowest BCUT2D eigenvalue weighted by Crippen LogP contribution is -2.25. The number of halogens is 7. The van der Waals surface area contributed by atoms with Crippen LogP contribution in [0.25, 0.3) is 0 Å². The molecule has 0 aliphatic rings. The standard InChI is InChI=1S/C11H11F6N3O.HI/c12-10(13,14)5-6-19-9(18)20-7-3-1-2-4-8(7)21-11(15,16)17;/h1-4H,5-6H2,(H3,18,19,20);1H. The maximum absolute atomic E-state index is 12.2. The van der Waals surface area contributed by atoms with Crippen molar-refractivity contribution >= 4 is 35.6 Å². The van der Waals surface area contributed by atoms with Crippen molar-refractivity contribution in [2.45, 2.75) is 19.0 Å². The zero-order chi connectivity index (χ0) is 16.1. The third-order valence-corrected chi connectivity index (χ3v) is 2.05. The molecule has 0 fully saturated rings. The van der Waals surface area contributed by atoms with Crippen LogP contribution in [0, 0.1) is 0 Å². The van der Waals surface area contributed by atoms with Crippen molar-refractivity contribution in [1.82, 2.24) is 0 Å². The zero-order valence-electron chi connectivity index (χ0n) is 10.8. The number of anilines is 1. The average Bonchev–Trinajstić information content (AvgIpc) is 2.28. The summed E-state index contributed by atoms with van der Waals surface area (Å²) in [4.78, 5) is 3.37. The van der Waals surface area contributed by atoms with Gasteiger partial charge in [0.1, 0.15) is 0 Å². The molecule has 126 valence electrons. The highest BCUT2D eigenvalue weighted by atomic mass is 127. The number of alkyl halides is 6. The van der Waals surface area contributed by atoms with Crippen LogP contribution in [0.15, 0.2) is 29.3 Å². The Hall–Kier alpha value is -1.40. The normalized spacial score (nSPS) is 12.5. The van der Waals surface area contributed by atoms with Crippen LogP contribution in [0.4, 0.5) is 32.0 Å². The molecule has 0 aliphatic heterocycles. The second-order valence-electron chi connectivity index (χ2n) is 3.80. The monoisotopic (exact) mass is 443 g/mol. The molecule has 4 nitrogen and oxygen atoms in total. The van der Waals surface area contributed by atoms with Crippen LogP contribution in [-0.2, 0) is 0 Å². The number of benzene rings is 1. The van der Waals surface area contributed by atoms with E-state index in [4.69, 9.17) is 5.73 Å². The summed E-state index contributed by atoms with van der Waals surface area (Å²) in [5.74, 6) is -1.02. The minimum Gasteiger partial charge on any atom is -0.404 e. The van der Waals surface area contributed by atoms with Gasteiger partial charge in [0.15, 0.2) is 11.7 Å². The highest BCUT2D eigenvalue weighted by Gasteiger charge is 2.32. The number of aliphatic imine (C=N–C) groups is 1. The number of guanidine groups is 1. The Balaban J connectivity index is 0.00000441. The van der Waals surface area contributed by atoms with E-state index >= 15 is 0 Å². The molecule has 22 heavy (non-hydrogen) atoms. The van der Waals surface area contributed by atoms with Gasteiger partial charge in [-0.05, 0) is 12.1 Å². The Morgan fingerprint density at radius 1 is 1.14 bits per heavy atom. The Morgan fingerprint density at radius 3 is 2.27 bits per heavy atom. The first kappa shape index (κ1) is 20.6. The molecule has 0 atom stereocenters. The minimum absolute atomic E-state index is 0. The molecule has 0 saturated heterocycles. The largest absolute Gasteiger partial charge is 0.573 e. The number of hydrogen-bond donors (Lipinski definition) is 2. The number of ether oxygens (including phenoxy) is 1. The highest BCUT2D eigenvalue weighted by molar-refractivity contribution is 14.0. The predicted octanol–water partition coefficient (Wildman–Crippen LogP) is 3.88. The van der Waals surface area contributed by atoms with E-state index in [0.29, 0.717) is 0 Å². The van der Waals surface area contributed by atoms with Gasteiger partial charge in [-0.25, -0.2) is 0 Å². The Bertz CT molecular complexity index is 503. The molecule has 0 aromatic heterocycles. The molecule has 0 amide bonds. The van der Waals surface area contributed by atoms with E-state index in [1.807, 2.05) is 0 Å². The van der Waals surface area contributed by atoms with Crippen molar-refractivity contribution in [2.24, 2.45) is 10.7 Å². The van der Waals surface area contributed by atoms with Crippen molar-refractivity contribution < 1.29 is 31.1 Å². The number of rotatable bonds is 4. The van der Waals surface area contributed by atoms with Crippen LogP contribution in [0.1, 0.15) is 6.42 Å². The molecule has 0 bridgehead atoms. The van der Waals surface area contributed by atoms with Gasteiger partial charge < -0.3 is 15.8 Å². The fourth-order valence-electron chi connectivity index (χ4n) is 1.26. The number of nitrogens with one attached hydrogen (secondary N) is 1. The smallest absolute Gasteiger partial charge is 0.404 e. The second kappa shape index (κ2) is 8.29. The quantitative estimate of drug-likeness (QED) is 0.322. The van der Waals surface area contributed by atoms with E-state index in [0.717, 1.165) is 6.07 Å². The van der Waals surface area contributed by atoms with Gasteiger partial charge in [0.25, 0.3) is 0 Å². The summed E-state index contributed by atoms with van der Waals surface area (Å²) >= 11 is 0. The number of hydrogen-bond acceptors (Lipinski definition) is 2. The first-order valence-electron chi connectivity index (χ1n) is 5.55. The van der Waals surface area contributed by atoms with Crippen LogP contribution >= 0.6 is 24.0 Å². The SMILES string of the molecule is I.NC(=NCCC(F)(F)F)Nc1ccccc1OC(F)(F)F. The van der Waals surface area contributed by atoms with Crippen LogP contribution in [0.3, 0.4) is 0 Å². The van der Waals surface area contributed by atoms with Gasteiger partial charge in [0, 0.05) is 0 Å². The second-order valence-corrected chi connectivity index (χ2v) is 3.80. The summed E-state index contributed by atoms with van der Waals surface area (Å²) in [5, 5.41) is 2.25. The molecule has 0 heterocycles. The lowest BCUT2D eigenvalue weighted by atomic mass is 10.3. The third kappa shape index (κ3) is 8.79. The molecule has 0 radical (unpaired) electrons. The first-order chi connectivity index (χ1) is 9.57. The van der Waals surface area contributed by atoms with Gasteiger partial charge in [0.05, 0.1) is 18.7 Å². The van der Waals surface area contributed by atoms with Crippen molar-refractivity contribution in [1.29, 1.82) is 0 Å². The molecule has 0 spiro atoms. The molecule has 0 saturated carbocycles. The summed E-state index contributed by atoms with van der Waals surface area (Å²) in [6.07, 6.45) is -10.5. The molecule has 1 aromatic rings. The minimum atomic E-state index is -4.90. The highest BCUT2D eigenvalue weighted by Crippen LogP contribution is 2.29. The van der Waals surface area contributed by atoms with Crippen molar-refractivity contribution in [3.63, 3.8) is 0 Å². The topological polar surface area (TPSA) is 59.6 Å². The van der Waals surface area contributed by atoms with E-state index in [1.165, 1.54) is 18.2 Å². The number of nitrogens with two attached hydrogens (primary N) is 1. The molecular weight excluding hydrogens is 431 g/mol. The summed E-state index contributed by atoms with van der Waals surface area (Å²) in [5.41, 5.74) is 5.14. The molecule has 1 aromatic carbocycles. The number of para-hydroxylation sites is 2. The van der Waals surface area contributed by atoms with Gasteiger partial charge in [-0.2, -0.15) is 13.2 Å². The van der Waals surface area contributed by atoms with Gasteiger partial charge >= 0.3 is 12.5 Å². The van der Waals surface area contributed by atoms with Crippen LogP contribution in [-0.4, -0.2) is 25.0 Å². The molecule has 0 unspecified atom stereocenters. The lowest BCUT2D eigenvalue weighted by molar-refractivity contribution is -0.274. The van der Waals surface area contributed by atoms with E-state index in [9.17, 15) is 26.3 Å². The molecule has 1 rings (SSSR count). The van der Waals surface area contributed by atoms with Gasteiger partial charge in [-0.15, -0.1) is 37.1 Å². The summed E-state index contributed by atoms with van der Waals surface area (Å²) in [6.45, 7) is -0.634. The maximum atomic E-state index is 12.2. The number of nitrogens with zero attached hydrogens (tertiary/aromatic N) is 1. The zero-order valence-corrected chi connectivity index (χ0v) is 13.2. The molecule has 0 aliphatic carbocycles. The van der Waals surface area contributed by atoms with E-state index in [2.05, 4.69) is 15.0 Å². The van der Waals surface area contributed by atoms with Crippen LogP contribution in [0.5, 0.6) is 5.75 Å². The first-order valence-corrected chi connectivity index (χ1v) is 5.55. The molecule has 3 N–H and O–H groups in total. The van der Waals surface area contributed by atoms with E-state index in [-0.39, 0.29) is 29.7 Å². The van der Waals surface area contributed by atoms with Gasteiger partial charge in [0.2, 0.25) is 0 Å². The lowest BCUT2D eigenvalue weighted by Gasteiger charge is -2.14. The van der Waals surface area contributed by atoms with Crippen molar-refractivity contribution in [3.05, 3.63) is 24.3 Å². The average molecular weight is 443 g/mol. The summed E-state index contributed by atoms with van der Waals surface area (Å²) < 4.78 is 75.9. The summed E-state index contributed by atoms with van der Waals surface area (Å²) in [7, 11) is 0. The van der Waals surface area contributed by atoms with E-state index in [1.54, 1.807) is 0 Å². The van der Waals surface area contributed by atoms with E-state index < -0.39 is 37.2 Å². The molecule has 11 heteroatoms. The van der Waals surface area contributed by atoms with Gasteiger partial charge in [-0.1, -0.05) is 12.1 Å². The predicted molar refractivity (Wildman–Crippen MR) is 79.3 cm³/mol. The Labute approximate surface area is 138 Å². The Morgan fingerprint density at radius 2 is 1.73 bits per heavy atom. The van der Waals surface area contributed by atoms with Gasteiger partial charge in [-0.3, -0.25) is 4.99 Å². The fraction of sp³-hybridized carbons (Fsp3) is 0.364. The molecular formula is C11H12F6IN3O. The fourth-order valence-corrected chi connectivity index (χ4v) is 1.26. The third-order valence-electron chi connectivity index (χ3n) is 2.05. The summed E-state index contributed by atoms with van der Waals surface area (Å²) in [6, 6.07) is 4.93.